The van der Waals surface area contributed by atoms with Crippen LogP contribution in [-0.2, 0) is 9.09 Å². The Morgan fingerprint density at radius 2 is 1.48 bits per heavy atom. The fourth-order valence-electron chi connectivity index (χ4n) is 1.69. The number of hydrogen-bond donors (Lipinski definition) is 0. The predicted octanol–water partition coefficient (Wildman–Crippen LogP) is 4.59. The Hall–Kier alpha value is -2.37. The average Bonchev–Trinajstić information content (AvgIpc) is 2.47. The SMILES string of the molecule is CC(C)O[P@](=O)(Oc1ccccc1)Oc1ccc([N+](=O)[O-])cc1. The number of nitro benzene ring substituents is 1. The first-order valence-electron chi connectivity index (χ1n) is 6.85. The van der Waals surface area contributed by atoms with Gasteiger partial charge in [-0.3, -0.25) is 14.6 Å². The van der Waals surface area contributed by atoms with Crippen molar-refractivity contribution in [2.45, 2.75) is 20.0 Å². The lowest BCUT2D eigenvalue weighted by atomic mass is 10.3. The van der Waals surface area contributed by atoms with Gasteiger partial charge in [-0.05, 0) is 38.1 Å². The van der Waals surface area contributed by atoms with Crippen LogP contribution >= 0.6 is 7.82 Å². The Labute approximate surface area is 133 Å². The standard InChI is InChI=1S/C15H16NO6P/c1-12(2)20-23(19,21-14-6-4-3-5-7-14)22-15-10-8-13(9-11-15)16(17)18/h3-12H,1-2H3/t23-/m1/s1. The molecular weight excluding hydrogens is 321 g/mol. The van der Waals surface area contributed by atoms with E-state index in [2.05, 4.69) is 0 Å². The van der Waals surface area contributed by atoms with E-state index < -0.39 is 18.8 Å². The van der Waals surface area contributed by atoms with Gasteiger partial charge in [-0.15, -0.1) is 0 Å². The molecule has 0 radical (unpaired) electrons. The minimum absolute atomic E-state index is 0.0964. The third kappa shape index (κ3) is 5.09. The number of non-ortho nitro benzene ring substituents is 1. The second kappa shape index (κ2) is 7.26. The molecule has 0 saturated carbocycles. The quantitative estimate of drug-likeness (QED) is 0.417. The zero-order valence-corrected chi connectivity index (χ0v) is 13.5. The molecular formula is C15H16NO6P. The summed E-state index contributed by atoms with van der Waals surface area (Å²) in [4.78, 5) is 10.1. The first kappa shape index (κ1) is 17.0. The third-order valence-corrected chi connectivity index (χ3v) is 4.11. The van der Waals surface area contributed by atoms with E-state index in [-0.39, 0.29) is 11.4 Å². The van der Waals surface area contributed by atoms with Gasteiger partial charge < -0.3 is 9.05 Å². The van der Waals surface area contributed by atoms with Crippen molar-refractivity contribution in [1.29, 1.82) is 0 Å². The third-order valence-electron chi connectivity index (χ3n) is 2.57. The first-order chi connectivity index (χ1) is 10.9. The molecule has 0 saturated heterocycles. The fraction of sp³-hybridized carbons (Fsp3) is 0.200. The number of phosphoric acid groups is 1. The summed E-state index contributed by atoms with van der Waals surface area (Å²) in [5, 5.41) is 10.6. The van der Waals surface area contributed by atoms with Crippen molar-refractivity contribution in [1.82, 2.24) is 0 Å². The molecule has 0 bridgehead atoms. The monoisotopic (exact) mass is 337 g/mol. The van der Waals surface area contributed by atoms with E-state index in [4.69, 9.17) is 13.6 Å². The van der Waals surface area contributed by atoms with Crippen molar-refractivity contribution in [2.75, 3.05) is 0 Å². The van der Waals surface area contributed by atoms with Gasteiger partial charge in [0.05, 0.1) is 11.0 Å². The van der Waals surface area contributed by atoms with Crippen molar-refractivity contribution < 1.29 is 23.1 Å². The zero-order valence-electron chi connectivity index (χ0n) is 12.6. The molecule has 23 heavy (non-hydrogen) atoms. The van der Waals surface area contributed by atoms with Gasteiger partial charge in [0.1, 0.15) is 11.5 Å². The number of para-hydroxylation sites is 1. The number of phosphoric ester groups is 1. The molecule has 2 aromatic rings. The summed E-state index contributed by atoms with van der Waals surface area (Å²) in [5.41, 5.74) is -0.0964. The fourth-order valence-corrected chi connectivity index (χ4v) is 3.09. The molecule has 0 fully saturated rings. The molecule has 0 N–H and O–H groups in total. The van der Waals surface area contributed by atoms with Gasteiger partial charge >= 0.3 is 7.82 Å². The van der Waals surface area contributed by atoms with Crippen LogP contribution in [0.5, 0.6) is 11.5 Å². The maximum atomic E-state index is 12.8. The Balaban J connectivity index is 2.20. The van der Waals surface area contributed by atoms with Crippen LogP contribution < -0.4 is 9.05 Å². The van der Waals surface area contributed by atoms with Gasteiger partial charge in [0.2, 0.25) is 0 Å². The zero-order chi connectivity index (χ0) is 16.9. The van der Waals surface area contributed by atoms with Crippen LogP contribution in [0.4, 0.5) is 5.69 Å². The molecule has 2 aromatic carbocycles. The molecule has 0 heterocycles. The molecule has 0 amide bonds. The summed E-state index contributed by atoms with van der Waals surface area (Å²) >= 11 is 0. The van der Waals surface area contributed by atoms with Crippen LogP contribution in [0.1, 0.15) is 13.8 Å². The highest BCUT2D eigenvalue weighted by molar-refractivity contribution is 7.49. The van der Waals surface area contributed by atoms with Crippen molar-refractivity contribution in [3.05, 3.63) is 64.7 Å². The van der Waals surface area contributed by atoms with Crippen LogP contribution in [-0.4, -0.2) is 11.0 Å². The summed E-state index contributed by atoms with van der Waals surface area (Å²) in [6.45, 7) is 3.39. The van der Waals surface area contributed by atoms with Crippen molar-refractivity contribution >= 4 is 13.5 Å². The average molecular weight is 337 g/mol. The second-order valence-electron chi connectivity index (χ2n) is 4.85. The van der Waals surface area contributed by atoms with E-state index >= 15 is 0 Å². The summed E-state index contributed by atoms with van der Waals surface area (Å²) in [7, 11) is -3.93. The van der Waals surface area contributed by atoms with Gasteiger partial charge in [0.25, 0.3) is 5.69 Å². The summed E-state index contributed by atoms with van der Waals surface area (Å²) in [5.74, 6) is 0.480. The lowest BCUT2D eigenvalue weighted by Gasteiger charge is -2.20. The highest BCUT2D eigenvalue weighted by atomic mass is 31.2. The molecule has 122 valence electrons. The summed E-state index contributed by atoms with van der Waals surface area (Å²) in [6.07, 6.45) is -0.400. The second-order valence-corrected chi connectivity index (χ2v) is 6.32. The minimum Gasteiger partial charge on any atom is -0.395 e. The van der Waals surface area contributed by atoms with Crippen LogP contribution in [0.25, 0.3) is 0 Å². The smallest absolute Gasteiger partial charge is 0.395 e. The molecule has 0 spiro atoms. The molecule has 0 aliphatic heterocycles. The largest absolute Gasteiger partial charge is 0.587 e. The van der Waals surface area contributed by atoms with E-state index in [1.165, 1.54) is 24.3 Å². The molecule has 0 unspecified atom stereocenters. The van der Waals surface area contributed by atoms with Gasteiger partial charge in [0.15, 0.2) is 0 Å². The van der Waals surface area contributed by atoms with Gasteiger partial charge in [-0.2, -0.15) is 0 Å². The maximum absolute atomic E-state index is 12.8. The molecule has 8 heteroatoms. The van der Waals surface area contributed by atoms with Crippen molar-refractivity contribution in [3.8, 4) is 11.5 Å². The van der Waals surface area contributed by atoms with E-state index in [9.17, 15) is 14.7 Å². The lowest BCUT2D eigenvalue weighted by Crippen LogP contribution is -2.10. The van der Waals surface area contributed by atoms with E-state index in [0.717, 1.165) is 0 Å². The summed E-state index contributed by atoms with van der Waals surface area (Å²) in [6, 6.07) is 13.6. The number of hydrogen-bond acceptors (Lipinski definition) is 6. The van der Waals surface area contributed by atoms with Crippen molar-refractivity contribution in [2.24, 2.45) is 0 Å². The maximum Gasteiger partial charge on any atom is 0.587 e. The number of nitrogens with zero attached hydrogens (tertiary/aromatic N) is 1. The van der Waals surface area contributed by atoms with Gasteiger partial charge in [0, 0.05) is 12.1 Å². The number of benzene rings is 2. The molecule has 7 nitrogen and oxygen atoms in total. The Bertz CT molecular complexity index is 702. The van der Waals surface area contributed by atoms with E-state index in [1.54, 1.807) is 44.2 Å². The summed E-state index contributed by atoms with van der Waals surface area (Å²) < 4.78 is 28.8. The normalized spacial score (nSPS) is 13.3. The Morgan fingerprint density at radius 3 is 1.96 bits per heavy atom. The van der Waals surface area contributed by atoms with E-state index in [0.29, 0.717) is 5.75 Å². The topological polar surface area (TPSA) is 87.9 Å². The van der Waals surface area contributed by atoms with Crippen LogP contribution in [0, 0.1) is 10.1 Å². The van der Waals surface area contributed by atoms with Crippen LogP contribution in [0.15, 0.2) is 54.6 Å². The highest BCUT2D eigenvalue weighted by Crippen LogP contribution is 2.50. The predicted molar refractivity (Wildman–Crippen MR) is 84.6 cm³/mol. The Kier molecular flexibility index (Phi) is 5.36. The minimum atomic E-state index is -3.93. The van der Waals surface area contributed by atoms with Gasteiger partial charge in [-0.1, -0.05) is 18.2 Å². The van der Waals surface area contributed by atoms with Crippen LogP contribution in [0.2, 0.25) is 0 Å². The van der Waals surface area contributed by atoms with Crippen LogP contribution in [0.3, 0.4) is 0 Å². The van der Waals surface area contributed by atoms with Crippen molar-refractivity contribution in [3.63, 3.8) is 0 Å². The highest BCUT2D eigenvalue weighted by Gasteiger charge is 2.32. The number of rotatable bonds is 7. The number of nitro groups is 1. The first-order valence-corrected chi connectivity index (χ1v) is 8.31. The molecule has 0 aliphatic carbocycles. The molecule has 2 rings (SSSR count). The molecule has 1 atom stereocenters. The Morgan fingerprint density at radius 1 is 0.957 bits per heavy atom. The van der Waals surface area contributed by atoms with Gasteiger partial charge in [-0.25, -0.2) is 4.57 Å². The molecule has 0 aromatic heterocycles. The molecule has 0 aliphatic rings. The lowest BCUT2D eigenvalue weighted by molar-refractivity contribution is -0.384. The van der Waals surface area contributed by atoms with E-state index in [1.807, 2.05) is 0 Å².